The van der Waals surface area contributed by atoms with E-state index < -0.39 is 12.1 Å². The molecule has 0 unspecified atom stereocenters. The van der Waals surface area contributed by atoms with Crippen LogP contribution in [0.2, 0.25) is 0 Å². The summed E-state index contributed by atoms with van der Waals surface area (Å²) in [6.45, 7) is 5.11. The second kappa shape index (κ2) is 7.12. The summed E-state index contributed by atoms with van der Waals surface area (Å²) < 4.78 is 7.00. The van der Waals surface area contributed by atoms with Crippen molar-refractivity contribution in [3.63, 3.8) is 0 Å². The van der Waals surface area contributed by atoms with Crippen molar-refractivity contribution in [1.82, 2.24) is 9.78 Å². The standard InChI is InChI=1S/C18H20N2O4/c1-11-17(12(2)20(4)19-11)16(21)9-8-14-6-5-7-15(10-14)24-13(3)18(22)23/h5-10,13H,1-4H3,(H,22,23)/b9-8+/t13-/m1/s1. The minimum atomic E-state index is -1.03. The number of hydrogen-bond acceptors (Lipinski definition) is 4. The lowest BCUT2D eigenvalue weighted by atomic mass is 10.1. The summed E-state index contributed by atoms with van der Waals surface area (Å²) >= 11 is 0. The number of carbonyl (C=O) groups is 2. The SMILES string of the molecule is Cc1nn(C)c(C)c1C(=O)/C=C/c1cccc(O[C@H](C)C(=O)O)c1. The first kappa shape index (κ1) is 17.5. The van der Waals surface area contributed by atoms with Crippen LogP contribution >= 0.6 is 0 Å². The number of aryl methyl sites for hydroxylation is 2. The summed E-state index contributed by atoms with van der Waals surface area (Å²) in [5, 5.41) is 13.1. The maximum absolute atomic E-state index is 12.4. The Hall–Kier alpha value is -2.89. The van der Waals surface area contributed by atoms with Crippen LogP contribution in [0.5, 0.6) is 5.75 Å². The van der Waals surface area contributed by atoms with E-state index in [1.54, 1.807) is 42.9 Å². The van der Waals surface area contributed by atoms with E-state index in [1.165, 1.54) is 13.0 Å². The van der Waals surface area contributed by atoms with Crippen molar-refractivity contribution in [2.24, 2.45) is 7.05 Å². The molecule has 0 aliphatic carbocycles. The van der Waals surface area contributed by atoms with Crippen LogP contribution in [-0.4, -0.2) is 32.7 Å². The molecule has 2 rings (SSSR count). The molecule has 0 aliphatic heterocycles. The van der Waals surface area contributed by atoms with Gasteiger partial charge < -0.3 is 9.84 Å². The van der Waals surface area contributed by atoms with Gasteiger partial charge in [-0.25, -0.2) is 4.79 Å². The van der Waals surface area contributed by atoms with E-state index >= 15 is 0 Å². The van der Waals surface area contributed by atoms with Gasteiger partial charge in [-0.15, -0.1) is 0 Å². The highest BCUT2D eigenvalue weighted by Gasteiger charge is 2.15. The van der Waals surface area contributed by atoms with Gasteiger partial charge in [0.1, 0.15) is 5.75 Å². The average molecular weight is 328 g/mol. The number of carboxylic acids is 1. The zero-order valence-electron chi connectivity index (χ0n) is 14.1. The maximum Gasteiger partial charge on any atom is 0.344 e. The molecule has 6 nitrogen and oxygen atoms in total. The fourth-order valence-corrected chi connectivity index (χ4v) is 2.33. The van der Waals surface area contributed by atoms with E-state index in [0.29, 0.717) is 17.0 Å². The third-order valence-corrected chi connectivity index (χ3v) is 3.70. The fourth-order valence-electron chi connectivity index (χ4n) is 2.33. The Bertz CT molecular complexity index is 805. The minimum Gasteiger partial charge on any atom is -0.479 e. The second-order valence-corrected chi connectivity index (χ2v) is 5.54. The third-order valence-electron chi connectivity index (χ3n) is 3.70. The second-order valence-electron chi connectivity index (χ2n) is 5.54. The number of aromatic nitrogens is 2. The van der Waals surface area contributed by atoms with Gasteiger partial charge in [-0.1, -0.05) is 18.2 Å². The molecular weight excluding hydrogens is 308 g/mol. The highest BCUT2D eigenvalue weighted by atomic mass is 16.5. The molecule has 0 bridgehead atoms. The van der Waals surface area contributed by atoms with E-state index in [-0.39, 0.29) is 5.78 Å². The van der Waals surface area contributed by atoms with Gasteiger partial charge in [-0.2, -0.15) is 5.10 Å². The highest BCUT2D eigenvalue weighted by Crippen LogP contribution is 2.18. The maximum atomic E-state index is 12.4. The molecule has 0 amide bonds. The lowest BCUT2D eigenvalue weighted by molar-refractivity contribution is -0.144. The highest BCUT2D eigenvalue weighted by molar-refractivity contribution is 6.08. The van der Waals surface area contributed by atoms with E-state index in [0.717, 1.165) is 11.3 Å². The smallest absolute Gasteiger partial charge is 0.344 e. The molecule has 0 aliphatic rings. The summed E-state index contributed by atoms with van der Waals surface area (Å²) in [6.07, 6.45) is 2.22. The molecule has 1 heterocycles. The molecule has 1 aromatic carbocycles. The Morgan fingerprint density at radius 3 is 2.62 bits per heavy atom. The first-order valence-corrected chi connectivity index (χ1v) is 7.51. The van der Waals surface area contributed by atoms with Gasteiger partial charge >= 0.3 is 5.97 Å². The predicted octanol–water partition coefficient (Wildman–Crippen LogP) is 2.78. The molecule has 1 atom stereocenters. The molecule has 0 saturated heterocycles. The van der Waals surface area contributed by atoms with Crippen molar-refractivity contribution >= 4 is 17.8 Å². The van der Waals surface area contributed by atoms with E-state index in [2.05, 4.69) is 5.10 Å². The molecule has 0 fully saturated rings. The Kier molecular flexibility index (Phi) is 5.18. The Labute approximate surface area is 140 Å². The number of ether oxygens (including phenoxy) is 1. The largest absolute Gasteiger partial charge is 0.479 e. The Balaban J connectivity index is 2.17. The fraction of sp³-hybridized carbons (Fsp3) is 0.278. The van der Waals surface area contributed by atoms with Crippen LogP contribution in [0.1, 0.15) is 34.2 Å². The van der Waals surface area contributed by atoms with Gasteiger partial charge in [0.15, 0.2) is 11.9 Å². The van der Waals surface area contributed by atoms with Gasteiger partial charge in [-0.05, 0) is 44.5 Å². The number of carbonyl (C=O) groups excluding carboxylic acids is 1. The zero-order chi connectivity index (χ0) is 17.9. The topological polar surface area (TPSA) is 81.4 Å². The number of hydrogen-bond donors (Lipinski definition) is 1. The van der Waals surface area contributed by atoms with Crippen LogP contribution < -0.4 is 4.74 Å². The van der Waals surface area contributed by atoms with Crippen molar-refractivity contribution in [2.75, 3.05) is 0 Å². The lowest BCUT2D eigenvalue weighted by Gasteiger charge is -2.10. The molecule has 126 valence electrons. The first-order valence-electron chi connectivity index (χ1n) is 7.51. The van der Waals surface area contributed by atoms with Crippen LogP contribution in [0.4, 0.5) is 0 Å². The van der Waals surface area contributed by atoms with E-state index in [9.17, 15) is 9.59 Å². The summed E-state index contributed by atoms with van der Waals surface area (Å²) in [5.41, 5.74) is 2.85. The summed E-state index contributed by atoms with van der Waals surface area (Å²) in [7, 11) is 1.80. The van der Waals surface area contributed by atoms with Gasteiger partial charge in [0, 0.05) is 12.7 Å². The zero-order valence-corrected chi connectivity index (χ0v) is 14.1. The van der Waals surface area contributed by atoms with Crippen LogP contribution in [0.25, 0.3) is 6.08 Å². The van der Waals surface area contributed by atoms with Gasteiger partial charge in [0.05, 0.1) is 11.3 Å². The molecular formula is C18H20N2O4. The number of benzene rings is 1. The molecule has 0 radical (unpaired) electrons. The van der Waals surface area contributed by atoms with Crippen molar-refractivity contribution in [3.8, 4) is 5.75 Å². The summed E-state index contributed by atoms with van der Waals surface area (Å²) in [5.74, 6) is -0.717. The summed E-state index contributed by atoms with van der Waals surface area (Å²) in [4.78, 5) is 23.2. The summed E-state index contributed by atoms with van der Waals surface area (Å²) in [6, 6.07) is 6.92. The number of allylic oxidation sites excluding steroid dienone is 1. The van der Waals surface area contributed by atoms with Crippen LogP contribution in [0, 0.1) is 13.8 Å². The van der Waals surface area contributed by atoms with Gasteiger partial charge in [0.2, 0.25) is 0 Å². The Morgan fingerprint density at radius 2 is 2.04 bits per heavy atom. The van der Waals surface area contributed by atoms with Gasteiger partial charge in [-0.3, -0.25) is 9.48 Å². The average Bonchev–Trinajstić information content (AvgIpc) is 2.78. The number of nitrogens with zero attached hydrogens (tertiary/aromatic N) is 2. The molecule has 6 heteroatoms. The predicted molar refractivity (Wildman–Crippen MR) is 90.2 cm³/mol. The third kappa shape index (κ3) is 3.90. The number of aliphatic carboxylic acids is 1. The van der Waals surface area contributed by atoms with Gasteiger partial charge in [0.25, 0.3) is 0 Å². The van der Waals surface area contributed by atoms with E-state index in [1.807, 2.05) is 13.0 Å². The first-order chi connectivity index (χ1) is 11.3. The van der Waals surface area contributed by atoms with Crippen molar-refractivity contribution in [1.29, 1.82) is 0 Å². The van der Waals surface area contributed by atoms with Crippen LogP contribution in [0.15, 0.2) is 30.3 Å². The van der Waals surface area contributed by atoms with Crippen LogP contribution in [0.3, 0.4) is 0 Å². The monoisotopic (exact) mass is 328 g/mol. The quantitative estimate of drug-likeness (QED) is 0.651. The molecule has 0 saturated carbocycles. The number of rotatable bonds is 6. The van der Waals surface area contributed by atoms with E-state index in [4.69, 9.17) is 9.84 Å². The Morgan fingerprint density at radius 1 is 1.33 bits per heavy atom. The molecule has 1 N–H and O–H groups in total. The molecule has 1 aromatic heterocycles. The van der Waals surface area contributed by atoms with Crippen molar-refractivity contribution in [3.05, 3.63) is 52.9 Å². The molecule has 2 aromatic rings. The molecule has 0 spiro atoms. The molecule has 24 heavy (non-hydrogen) atoms. The van der Waals surface area contributed by atoms with Crippen molar-refractivity contribution < 1.29 is 19.4 Å². The number of carboxylic acid groups (broad SMARTS) is 1. The lowest BCUT2D eigenvalue weighted by Crippen LogP contribution is -2.22. The minimum absolute atomic E-state index is 0.122. The van der Waals surface area contributed by atoms with Crippen molar-refractivity contribution in [2.45, 2.75) is 26.9 Å². The number of ketones is 1. The van der Waals surface area contributed by atoms with Crippen LogP contribution in [-0.2, 0) is 11.8 Å². The normalized spacial score (nSPS) is 12.3.